The first-order valence-electron chi connectivity index (χ1n) is 6.56. The predicted octanol–water partition coefficient (Wildman–Crippen LogP) is 2.05. The number of nitrogens with zero attached hydrogens (tertiary/aromatic N) is 3. The van der Waals surface area contributed by atoms with E-state index in [0.717, 1.165) is 5.56 Å². The van der Waals surface area contributed by atoms with Crippen LogP contribution in [0.25, 0.3) is 10.4 Å². The van der Waals surface area contributed by atoms with Crippen LogP contribution in [0.15, 0.2) is 29.4 Å². The highest BCUT2D eigenvalue weighted by molar-refractivity contribution is 5.73. The highest BCUT2D eigenvalue weighted by Gasteiger charge is 2.10. The summed E-state index contributed by atoms with van der Waals surface area (Å²) in [7, 11) is 0. The Morgan fingerprint density at radius 2 is 2.09 bits per heavy atom. The molecule has 0 bridgehead atoms. The third-order valence-corrected chi connectivity index (χ3v) is 2.74. The van der Waals surface area contributed by atoms with Gasteiger partial charge in [-0.05, 0) is 23.9 Å². The fourth-order valence-corrected chi connectivity index (χ4v) is 1.55. The van der Waals surface area contributed by atoms with E-state index in [4.69, 9.17) is 21.1 Å². The zero-order chi connectivity index (χ0) is 16.4. The van der Waals surface area contributed by atoms with Crippen LogP contribution in [-0.4, -0.2) is 29.8 Å². The molecule has 1 rings (SSSR count). The molecule has 0 heterocycles. The van der Waals surface area contributed by atoms with Crippen molar-refractivity contribution in [3.63, 3.8) is 0 Å². The zero-order valence-corrected chi connectivity index (χ0v) is 11.8. The van der Waals surface area contributed by atoms with Gasteiger partial charge in [-0.25, -0.2) is 4.79 Å². The van der Waals surface area contributed by atoms with Gasteiger partial charge in [0.25, 0.3) is 0 Å². The average molecular weight is 307 g/mol. The third-order valence-electron chi connectivity index (χ3n) is 2.74. The van der Waals surface area contributed by atoms with E-state index < -0.39 is 18.1 Å². The topological polar surface area (TPSA) is 150 Å². The summed E-state index contributed by atoms with van der Waals surface area (Å²) < 4.78 is 4.98. The molecule has 4 N–H and O–H groups in total. The molecule has 0 unspecified atom stereocenters. The molecule has 9 nitrogen and oxygen atoms in total. The maximum absolute atomic E-state index is 11.4. The van der Waals surface area contributed by atoms with E-state index in [1.165, 1.54) is 0 Å². The van der Waals surface area contributed by atoms with Gasteiger partial charge in [-0.15, -0.1) is 0 Å². The van der Waals surface area contributed by atoms with Crippen LogP contribution < -0.4 is 11.1 Å². The first kappa shape index (κ1) is 17.3. The Morgan fingerprint density at radius 1 is 1.41 bits per heavy atom. The number of rotatable bonds is 8. The van der Waals surface area contributed by atoms with Crippen molar-refractivity contribution in [1.29, 1.82) is 0 Å². The number of aliphatic carboxylic acids is 1. The van der Waals surface area contributed by atoms with Crippen molar-refractivity contribution in [3.05, 3.63) is 40.3 Å². The maximum atomic E-state index is 11.4. The van der Waals surface area contributed by atoms with Crippen molar-refractivity contribution >= 4 is 17.7 Å². The molecule has 0 fully saturated rings. The molecule has 1 aromatic rings. The summed E-state index contributed by atoms with van der Waals surface area (Å²) in [6.07, 6.45) is 0.128. The van der Waals surface area contributed by atoms with E-state index in [2.05, 4.69) is 15.3 Å². The molecule has 1 aromatic carbocycles. The second-order valence-corrected chi connectivity index (χ2v) is 4.45. The Kier molecular flexibility index (Phi) is 7.24. The molecule has 0 aliphatic heterocycles. The number of nitrogens with one attached hydrogen (secondary N) is 1. The van der Waals surface area contributed by atoms with Gasteiger partial charge in [-0.3, -0.25) is 4.79 Å². The molecular weight excluding hydrogens is 290 g/mol. The number of amides is 1. The smallest absolute Gasteiger partial charge is 0.407 e. The number of benzene rings is 1. The number of ether oxygens (including phenoxy) is 1. The quantitative estimate of drug-likeness (QED) is 0.290. The van der Waals surface area contributed by atoms with E-state index in [9.17, 15) is 9.59 Å². The van der Waals surface area contributed by atoms with Gasteiger partial charge in [-0.1, -0.05) is 29.4 Å². The van der Waals surface area contributed by atoms with Gasteiger partial charge in [0, 0.05) is 17.1 Å². The van der Waals surface area contributed by atoms with Crippen LogP contribution in [0.5, 0.6) is 0 Å². The van der Waals surface area contributed by atoms with Crippen LogP contribution >= 0.6 is 0 Å². The Morgan fingerprint density at radius 3 is 2.68 bits per heavy atom. The molecule has 0 aliphatic rings. The molecular formula is C13H17N5O4. The van der Waals surface area contributed by atoms with Gasteiger partial charge in [0.1, 0.15) is 12.6 Å². The highest BCUT2D eigenvalue weighted by Crippen LogP contribution is 2.13. The SMILES string of the molecule is [N-]=[N+]=Nc1ccc(COC(=O)NCCC[C@H](N)C(=O)O)cc1. The lowest BCUT2D eigenvalue weighted by molar-refractivity contribution is -0.138. The maximum Gasteiger partial charge on any atom is 0.407 e. The number of hydrogen-bond acceptors (Lipinski definition) is 5. The van der Waals surface area contributed by atoms with Gasteiger partial charge in [-0.2, -0.15) is 0 Å². The van der Waals surface area contributed by atoms with E-state index in [1.807, 2.05) is 0 Å². The Labute approximate surface area is 126 Å². The fourth-order valence-electron chi connectivity index (χ4n) is 1.55. The molecule has 118 valence electrons. The lowest BCUT2D eigenvalue weighted by Crippen LogP contribution is -2.32. The van der Waals surface area contributed by atoms with Gasteiger partial charge in [0.05, 0.1) is 0 Å². The molecule has 0 aromatic heterocycles. The number of nitrogens with two attached hydrogens (primary N) is 1. The van der Waals surface area contributed by atoms with Crippen molar-refractivity contribution in [3.8, 4) is 0 Å². The van der Waals surface area contributed by atoms with Crippen LogP contribution in [0, 0.1) is 0 Å². The van der Waals surface area contributed by atoms with Crippen LogP contribution in [-0.2, 0) is 16.1 Å². The number of azide groups is 1. The van der Waals surface area contributed by atoms with Crippen LogP contribution in [0.4, 0.5) is 10.5 Å². The van der Waals surface area contributed by atoms with Crippen molar-refractivity contribution in [2.45, 2.75) is 25.5 Å². The van der Waals surface area contributed by atoms with E-state index in [-0.39, 0.29) is 19.6 Å². The van der Waals surface area contributed by atoms with Gasteiger partial charge in [0.2, 0.25) is 0 Å². The minimum absolute atomic E-state index is 0.0804. The van der Waals surface area contributed by atoms with Crippen molar-refractivity contribution in [2.24, 2.45) is 10.8 Å². The van der Waals surface area contributed by atoms with Crippen molar-refractivity contribution in [2.75, 3.05) is 6.54 Å². The Bertz CT molecular complexity index is 554. The standard InChI is InChI=1S/C13H17N5O4/c14-11(12(19)20)2-1-7-16-13(21)22-8-9-3-5-10(6-4-9)17-18-15/h3-6,11H,1-2,7-8,14H2,(H,16,21)(H,19,20)/t11-/m0/s1. The Balaban J connectivity index is 2.22. The van der Waals surface area contributed by atoms with Crippen molar-refractivity contribution < 1.29 is 19.4 Å². The molecule has 0 saturated carbocycles. The second kappa shape index (κ2) is 9.22. The van der Waals surface area contributed by atoms with Gasteiger partial charge >= 0.3 is 12.1 Å². The number of carbonyl (C=O) groups is 2. The molecule has 9 heteroatoms. The van der Waals surface area contributed by atoms with Gasteiger partial charge < -0.3 is 20.9 Å². The summed E-state index contributed by atoms with van der Waals surface area (Å²) in [4.78, 5) is 24.6. The number of carboxylic acids is 1. The lowest BCUT2D eigenvalue weighted by Gasteiger charge is -2.08. The lowest BCUT2D eigenvalue weighted by atomic mass is 10.2. The minimum Gasteiger partial charge on any atom is -0.480 e. The van der Waals surface area contributed by atoms with E-state index >= 15 is 0 Å². The molecule has 0 spiro atoms. The first-order valence-corrected chi connectivity index (χ1v) is 6.56. The molecule has 1 amide bonds. The van der Waals surface area contributed by atoms with Crippen molar-refractivity contribution in [1.82, 2.24) is 5.32 Å². The predicted molar refractivity (Wildman–Crippen MR) is 78.3 cm³/mol. The largest absolute Gasteiger partial charge is 0.480 e. The summed E-state index contributed by atoms with van der Waals surface area (Å²) in [6, 6.07) is 5.67. The number of carboxylic acid groups (broad SMARTS) is 1. The van der Waals surface area contributed by atoms with E-state index in [1.54, 1.807) is 24.3 Å². The normalized spacial score (nSPS) is 11.1. The second-order valence-electron chi connectivity index (χ2n) is 4.45. The molecule has 0 radical (unpaired) electrons. The summed E-state index contributed by atoms with van der Waals surface area (Å²) in [5, 5.41) is 14.5. The van der Waals surface area contributed by atoms with Crippen LogP contribution in [0.3, 0.4) is 0 Å². The average Bonchev–Trinajstić information content (AvgIpc) is 2.50. The molecule has 22 heavy (non-hydrogen) atoms. The van der Waals surface area contributed by atoms with Gasteiger partial charge in [0.15, 0.2) is 0 Å². The van der Waals surface area contributed by atoms with E-state index in [0.29, 0.717) is 12.1 Å². The molecule has 0 saturated heterocycles. The Hall–Kier alpha value is -2.77. The fraction of sp³-hybridized carbons (Fsp3) is 0.385. The molecule has 0 aliphatic carbocycles. The zero-order valence-electron chi connectivity index (χ0n) is 11.8. The number of alkyl carbamates (subject to hydrolysis) is 1. The summed E-state index contributed by atoms with van der Waals surface area (Å²) >= 11 is 0. The minimum atomic E-state index is -1.06. The number of carbonyl (C=O) groups excluding carboxylic acids is 1. The number of hydrogen-bond donors (Lipinski definition) is 3. The third kappa shape index (κ3) is 6.60. The summed E-state index contributed by atoms with van der Waals surface area (Å²) in [5.74, 6) is -1.06. The monoisotopic (exact) mass is 307 g/mol. The van der Waals surface area contributed by atoms with Crippen LogP contribution in [0.2, 0.25) is 0 Å². The molecule has 1 atom stereocenters. The van der Waals surface area contributed by atoms with Crippen LogP contribution in [0.1, 0.15) is 18.4 Å². The highest BCUT2D eigenvalue weighted by atomic mass is 16.5. The first-order chi connectivity index (χ1) is 10.5. The summed E-state index contributed by atoms with van der Waals surface area (Å²) in [5.41, 5.74) is 14.8. The summed E-state index contributed by atoms with van der Waals surface area (Å²) in [6.45, 7) is 0.368.